The smallest absolute Gasteiger partial charge is 0.260 e. The molecule has 3 nitrogen and oxygen atoms in total. The second-order valence-corrected chi connectivity index (χ2v) is 5.26. The normalized spacial score (nSPS) is 12.6. The van der Waals surface area contributed by atoms with Gasteiger partial charge in [-0.15, -0.1) is 0 Å². The number of hydrogen-bond donors (Lipinski definition) is 1. The molecule has 0 saturated heterocycles. The van der Waals surface area contributed by atoms with Gasteiger partial charge in [-0.3, -0.25) is 0 Å². The summed E-state index contributed by atoms with van der Waals surface area (Å²) in [7, 11) is 0. The third-order valence-corrected chi connectivity index (χ3v) is 3.69. The summed E-state index contributed by atoms with van der Waals surface area (Å²) >= 11 is 1.19. The Hall–Kier alpha value is -1.33. The third-order valence-electron chi connectivity index (χ3n) is 2.76. The summed E-state index contributed by atoms with van der Waals surface area (Å²) in [4.78, 5) is 4.49. The molecule has 19 heavy (non-hydrogen) atoms. The molecule has 1 N–H and O–H groups in total. The van der Waals surface area contributed by atoms with E-state index in [-0.39, 0.29) is 11.9 Å². The molecule has 2 rings (SSSR count). The maximum atomic E-state index is 14.0. The first-order valence-corrected chi connectivity index (χ1v) is 7.12. The molecule has 1 atom stereocenters. The van der Waals surface area contributed by atoms with Gasteiger partial charge in [0.15, 0.2) is 0 Å². The highest BCUT2D eigenvalue weighted by Gasteiger charge is 2.11. The monoisotopic (exact) mass is 280 g/mol. The van der Waals surface area contributed by atoms with Crippen LogP contribution in [0.4, 0.5) is 4.39 Å². The molecule has 0 fully saturated rings. The van der Waals surface area contributed by atoms with Gasteiger partial charge in [-0.2, -0.15) is 0 Å². The number of aromatic nitrogens is 1. The molecule has 1 aromatic heterocycles. The van der Waals surface area contributed by atoms with Crippen LogP contribution in [0.2, 0.25) is 0 Å². The van der Waals surface area contributed by atoms with Crippen LogP contribution in [-0.4, -0.2) is 11.5 Å². The summed E-state index contributed by atoms with van der Waals surface area (Å²) in [5, 5.41) is 3.78. The lowest BCUT2D eigenvalue weighted by molar-refractivity contribution is 0.453. The largest absolute Gasteiger partial charge is 0.440 e. The molecule has 0 saturated carbocycles. The number of hydrogen-bond acceptors (Lipinski definition) is 4. The van der Waals surface area contributed by atoms with Gasteiger partial charge < -0.3 is 9.73 Å². The fourth-order valence-corrected chi connectivity index (χ4v) is 2.40. The van der Waals surface area contributed by atoms with Crippen LogP contribution in [0, 0.1) is 5.82 Å². The van der Waals surface area contributed by atoms with Crippen LogP contribution in [0.1, 0.15) is 31.9 Å². The SMILES string of the molecule is CCCNC(C)c1ccc(Sc2ncco2)c(F)c1. The van der Waals surface area contributed by atoms with E-state index in [9.17, 15) is 4.39 Å². The molecule has 0 aliphatic rings. The van der Waals surface area contributed by atoms with Gasteiger partial charge in [0.05, 0.1) is 11.1 Å². The molecule has 1 aromatic carbocycles. The summed E-state index contributed by atoms with van der Waals surface area (Å²) in [6, 6.07) is 5.42. The van der Waals surface area contributed by atoms with Crippen molar-refractivity contribution in [2.75, 3.05) is 6.54 Å². The predicted molar refractivity (Wildman–Crippen MR) is 73.7 cm³/mol. The van der Waals surface area contributed by atoms with Crippen LogP contribution in [0.5, 0.6) is 0 Å². The highest BCUT2D eigenvalue weighted by Crippen LogP contribution is 2.30. The van der Waals surface area contributed by atoms with Gasteiger partial charge in [-0.05, 0) is 49.3 Å². The molecule has 0 bridgehead atoms. The number of rotatable bonds is 6. The Kier molecular flexibility index (Phi) is 4.99. The first-order chi connectivity index (χ1) is 9.20. The van der Waals surface area contributed by atoms with E-state index in [1.54, 1.807) is 18.3 Å². The molecule has 0 aliphatic carbocycles. The van der Waals surface area contributed by atoms with E-state index in [2.05, 4.69) is 17.2 Å². The van der Waals surface area contributed by atoms with E-state index >= 15 is 0 Å². The number of oxazole rings is 1. The predicted octanol–water partition coefficient (Wildman–Crippen LogP) is 4.03. The van der Waals surface area contributed by atoms with Crippen molar-refractivity contribution < 1.29 is 8.81 Å². The molecular formula is C14H17FN2OS. The van der Waals surface area contributed by atoms with Crippen LogP contribution in [-0.2, 0) is 0 Å². The Morgan fingerprint density at radius 2 is 2.32 bits per heavy atom. The minimum absolute atomic E-state index is 0.148. The zero-order valence-corrected chi connectivity index (χ0v) is 11.8. The van der Waals surface area contributed by atoms with E-state index in [0.717, 1.165) is 18.5 Å². The van der Waals surface area contributed by atoms with Gasteiger partial charge in [0, 0.05) is 6.04 Å². The lowest BCUT2D eigenvalue weighted by Gasteiger charge is -2.14. The Balaban J connectivity index is 2.08. The van der Waals surface area contributed by atoms with E-state index in [0.29, 0.717) is 10.1 Å². The van der Waals surface area contributed by atoms with Crippen molar-refractivity contribution in [2.45, 2.75) is 36.4 Å². The quantitative estimate of drug-likeness (QED) is 0.867. The first-order valence-electron chi connectivity index (χ1n) is 6.31. The average Bonchev–Trinajstić information content (AvgIpc) is 2.91. The zero-order chi connectivity index (χ0) is 13.7. The van der Waals surface area contributed by atoms with Crippen molar-refractivity contribution in [3.05, 3.63) is 42.0 Å². The summed E-state index contributed by atoms with van der Waals surface area (Å²) in [6.07, 6.45) is 4.08. The van der Waals surface area contributed by atoms with Crippen molar-refractivity contribution >= 4 is 11.8 Å². The van der Waals surface area contributed by atoms with Crippen molar-refractivity contribution in [1.29, 1.82) is 0 Å². The topological polar surface area (TPSA) is 38.1 Å². The summed E-state index contributed by atoms with van der Waals surface area (Å²) in [5.74, 6) is -0.245. The van der Waals surface area contributed by atoms with Gasteiger partial charge in [0.25, 0.3) is 5.22 Å². The summed E-state index contributed by atoms with van der Waals surface area (Å²) in [5.41, 5.74) is 0.947. The molecule has 0 amide bonds. The van der Waals surface area contributed by atoms with E-state index in [1.165, 1.54) is 18.0 Å². The van der Waals surface area contributed by atoms with E-state index < -0.39 is 0 Å². The molecule has 0 spiro atoms. The highest BCUT2D eigenvalue weighted by molar-refractivity contribution is 7.99. The molecule has 5 heteroatoms. The lowest BCUT2D eigenvalue weighted by atomic mass is 10.1. The fraction of sp³-hybridized carbons (Fsp3) is 0.357. The molecule has 2 aromatic rings. The molecular weight excluding hydrogens is 263 g/mol. The second kappa shape index (κ2) is 6.73. The summed E-state index contributed by atoms with van der Waals surface area (Å²) in [6.45, 7) is 5.07. The number of halogens is 1. The number of nitrogens with zero attached hydrogens (tertiary/aromatic N) is 1. The standard InChI is InChI=1S/C14H17FN2OS/c1-3-6-16-10(2)11-4-5-13(12(15)9-11)19-14-17-7-8-18-14/h4-5,7-10,16H,3,6H2,1-2H3. The van der Waals surface area contributed by atoms with Crippen LogP contribution >= 0.6 is 11.8 Å². The van der Waals surface area contributed by atoms with Crippen molar-refractivity contribution in [2.24, 2.45) is 0 Å². The van der Waals surface area contributed by atoms with Crippen molar-refractivity contribution in [3.63, 3.8) is 0 Å². The van der Waals surface area contributed by atoms with E-state index in [4.69, 9.17) is 4.42 Å². The second-order valence-electron chi connectivity index (χ2n) is 4.27. The van der Waals surface area contributed by atoms with Crippen molar-refractivity contribution in [1.82, 2.24) is 10.3 Å². The number of benzene rings is 1. The van der Waals surface area contributed by atoms with Crippen LogP contribution in [0.25, 0.3) is 0 Å². The van der Waals surface area contributed by atoms with Crippen LogP contribution in [0.15, 0.2) is 45.2 Å². The maximum Gasteiger partial charge on any atom is 0.260 e. The molecule has 1 heterocycles. The van der Waals surface area contributed by atoms with Gasteiger partial charge in [-0.25, -0.2) is 9.37 Å². The Bertz CT molecular complexity index is 516. The van der Waals surface area contributed by atoms with Gasteiger partial charge in [0.1, 0.15) is 12.1 Å². The van der Waals surface area contributed by atoms with Crippen LogP contribution in [0.3, 0.4) is 0 Å². The first kappa shape index (κ1) is 14.1. The van der Waals surface area contributed by atoms with E-state index in [1.807, 2.05) is 13.0 Å². The fourth-order valence-electron chi connectivity index (χ4n) is 1.70. The Morgan fingerprint density at radius 3 is 2.95 bits per heavy atom. The Morgan fingerprint density at radius 1 is 1.47 bits per heavy atom. The lowest BCUT2D eigenvalue weighted by Crippen LogP contribution is -2.19. The number of nitrogens with one attached hydrogen (secondary N) is 1. The van der Waals surface area contributed by atoms with Crippen molar-refractivity contribution in [3.8, 4) is 0 Å². The highest BCUT2D eigenvalue weighted by atomic mass is 32.2. The molecule has 1 unspecified atom stereocenters. The average molecular weight is 280 g/mol. The Labute approximate surface area is 116 Å². The van der Waals surface area contributed by atoms with Gasteiger partial charge >= 0.3 is 0 Å². The van der Waals surface area contributed by atoms with Gasteiger partial charge in [0.2, 0.25) is 0 Å². The molecule has 0 aliphatic heterocycles. The van der Waals surface area contributed by atoms with Gasteiger partial charge in [-0.1, -0.05) is 13.0 Å². The van der Waals surface area contributed by atoms with Crippen LogP contribution < -0.4 is 5.32 Å². The summed E-state index contributed by atoms with van der Waals surface area (Å²) < 4.78 is 19.1. The molecule has 102 valence electrons. The zero-order valence-electron chi connectivity index (χ0n) is 11.0. The minimum atomic E-state index is -0.245. The minimum Gasteiger partial charge on any atom is -0.440 e. The molecule has 0 radical (unpaired) electrons. The third kappa shape index (κ3) is 3.81. The maximum absolute atomic E-state index is 14.0.